The highest BCUT2D eigenvalue weighted by molar-refractivity contribution is 5.37. The van der Waals surface area contributed by atoms with Gasteiger partial charge in [-0.3, -0.25) is 4.98 Å². The Balaban J connectivity index is 2.39. The maximum absolute atomic E-state index is 8.86. The molecule has 0 aromatic carbocycles. The third kappa shape index (κ3) is 1.46. The van der Waals surface area contributed by atoms with Crippen molar-refractivity contribution in [2.75, 3.05) is 0 Å². The second kappa shape index (κ2) is 3.40. The van der Waals surface area contributed by atoms with Crippen LogP contribution < -0.4 is 0 Å². The quantitative estimate of drug-likeness (QED) is 0.607. The van der Waals surface area contributed by atoms with E-state index >= 15 is 0 Å². The lowest BCUT2D eigenvalue weighted by atomic mass is 10.0. The Morgan fingerprint density at radius 3 is 3.15 bits per heavy atom. The van der Waals surface area contributed by atoms with Crippen molar-refractivity contribution in [2.24, 2.45) is 0 Å². The van der Waals surface area contributed by atoms with Gasteiger partial charge < -0.3 is 0 Å². The molecule has 0 spiro atoms. The molecular weight excluding hydrogens is 160 g/mol. The predicted molar refractivity (Wildman–Crippen MR) is 50.1 cm³/mol. The van der Waals surface area contributed by atoms with Crippen molar-refractivity contribution < 1.29 is 0 Å². The molecule has 64 valence electrons. The van der Waals surface area contributed by atoms with Crippen molar-refractivity contribution in [1.82, 2.24) is 4.98 Å². The van der Waals surface area contributed by atoms with E-state index in [0.29, 0.717) is 11.5 Å². The zero-order chi connectivity index (χ0) is 9.10. The van der Waals surface area contributed by atoms with E-state index in [1.54, 1.807) is 12.3 Å². The van der Waals surface area contributed by atoms with Gasteiger partial charge in [0.25, 0.3) is 0 Å². The molecule has 0 N–H and O–H groups in total. The van der Waals surface area contributed by atoms with Crippen LogP contribution in [0, 0.1) is 11.3 Å². The fourth-order valence-electron chi connectivity index (χ4n) is 1.67. The molecule has 1 aliphatic rings. The predicted octanol–water partition coefficient (Wildman–Crippen LogP) is 2.39. The van der Waals surface area contributed by atoms with Gasteiger partial charge in [-0.05, 0) is 25.0 Å². The summed E-state index contributed by atoms with van der Waals surface area (Å²) in [5.41, 5.74) is 1.64. The molecule has 1 aliphatic carbocycles. The third-order valence-electron chi connectivity index (χ3n) is 2.32. The van der Waals surface area contributed by atoms with Crippen LogP contribution >= 0.6 is 0 Å². The molecule has 0 amide bonds. The van der Waals surface area contributed by atoms with E-state index in [2.05, 4.69) is 23.2 Å². The molecule has 0 aliphatic heterocycles. The highest BCUT2D eigenvalue weighted by Crippen LogP contribution is 2.28. The molecule has 1 atom stereocenters. The minimum Gasteiger partial charge on any atom is -0.259 e. The van der Waals surface area contributed by atoms with Crippen LogP contribution in [0.25, 0.3) is 0 Å². The van der Waals surface area contributed by atoms with Crippen LogP contribution in [0.1, 0.15) is 30.0 Å². The van der Waals surface area contributed by atoms with Crippen LogP contribution in [0.4, 0.5) is 0 Å². The number of nitriles is 1. The monoisotopic (exact) mass is 170 g/mol. The van der Waals surface area contributed by atoms with Crippen LogP contribution in [0.15, 0.2) is 30.5 Å². The molecule has 1 aromatic heterocycles. The highest BCUT2D eigenvalue weighted by atomic mass is 14.7. The SMILES string of the molecule is N#Cc1cccnc1C1C=CCC1. The molecule has 0 saturated carbocycles. The fraction of sp³-hybridized carbons (Fsp3) is 0.273. The van der Waals surface area contributed by atoms with E-state index in [4.69, 9.17) is 5.26 Å². The smallest absolute Gasteiger partial charge is 0.101 e. The molecule has 1 aromatic rings. The van der Waals surface area contributed by atoms with Gasteiger partial charge in [-0.15, -0.1) is 0 Å². The van der Waals surface area contributed by atoms with Gasteiger partial charge in [0.2, 0.25) is 0 Å². The highest BCUT2D eigenvalue weighted by Gasteiger charge is 2.16. The van der Waals surface area contributed by atoms with Crippen LogP contribution in [-0.4, -0.2) is 4.98 Å². The van der Waals surface area contributed by atoms with Crippen LogP contribution in [0.5, 0.6) is 0 Å². The number of aromatic nitrogens is 1. The molecule has 0 radical (unpaired) electrons. The normalized spacial score (nSPS) is 20.1. The lowest BCUT2D eigenvalue weighted by Crippen LogP contribution is -1.98. The van der Waals surface area contributed by atoms with E-state index in [1.807, 2.05) is 6.07 Å². The lowest BCUT2D eigenvalue weighted by molar-refractivity contribution is 0.770. The molecule has 2 heteroatoms. The van der Waals surface area contributed by atoms with Crippen molar-refractivity contribution >= 4 is 0 Å². The van der Waals surface area contributed by atoms with Gasteiger partial charge in [-0.25, -0.2) is 0 Å². The van der Waals surface area contributed by atoms with Crippen LogP contribution in [-0.2, 0) is 0 Å². The molecule has 1 heterocycles. The van der Waals surface area contributed by atoms with E-state index in [1.165, 1.54) is 0 Å². The van der Waals surface area contributed by atoms with Gasteiger partial charge in [-0.2, -0.15) is 5.26 Å². The zero-order valence-corrected chi connectivity index (χ0v) is 7.27. The summed E-state index contributed by atoms with van der Waals surface area (Å²) >= 11 is 0. The van der Waals surface area contributed by atoms with Gasteiger partial charge in [0.1, 0.15) is 6.07 Å². The first-order valence-corrected chi connectivity index (χ1v) is 4.43. The van der Waals surface area contributed by atoms with E-state index < -0.39 is 0 Å². The van der Waals surface area contributed by atoms with E-state index in [-0.39, 0.29) is 0 Å². The van der Waals surface area contributed by atoms with E-state index in [9.17, 15) is 0 Å². The zero-order valence-electron chi connectivity index (χ0n) is 7.27. The summed E-state index contributed by atoms with van der Waals surface area (Å²) in [6.07, 6.45) is 8.24. The molecular formula is C11H10N2. The van der Waals surface area contributed by atoms with Gasteiger partial charge in [0.05, 0.1) is 11.3 Å². The standard InChI is InChI=1S/C11H10N2/c12-8-10-6-3-7-13-11(10)9-4-1-2-5-9/h1,3-4,6-7,9H,2,5H2. The average molecular weight is 170 g/mol. The minimum atomic E-state index is 0.357. The fourth-order valence-corrected chi connectivity index (χ4v) is 1.67. The number of pyridine rings is 1. The van der Waals surface area contributed by atoms with Crippen molar-refractivity contribution in [1.29, 1.82) is 5.26 Å². The Bertz CT molecular complexity index is 374. The Morgan fingerprint density at radius 2 is 2.46 bits per heavy atom. The average Bonchev–Trinajstić information content (AvgIpc) is 2.70. The topological polar surface area (TPSA) is 36.7 Å². The largest absolute Gasteiger partial charge is 0.259 e. The third-order valence-corrected chi connectivity index (χ3v) is 2.32. The molecule has 0 bridgehead atoms. The molecule has 0 fully saturated rings. The summed E-state index contributed by atoms with van der Waals surface area (Å²) in [6, 6.07) is 5.81. The molecule has 1 unspecified atom stereocenters. The van der Waals surface area contributed by atoms with Gasteiger partial charge in [0, 0.05) is 12.1 Å². The summed E-state index contributed by atoms with van der Waals surface area (Å²) in [4.78, 5) is 4.26. The Hall–Kier alpha value is -1.62. The first-order chi connectivity index (χ1) is 6.42. The van der Waals surface area contributed by atoms with E-state index in [0.717, 1.165) is 18.5 Å². The van der Waals surface area contributed by atoms with Crippen molar-refractivity contribution in [2.45, 2.75) is 18.8 Å². The lowest BCUT2D eigenvalue weighted by Gasteiger charge is -2.07. The van der Waals surface area contributed by atoms with Crippen molar-refractivity contribution in [3.05, 3.63) is 41.7 Å². The number of allylic oxidation sites excluding steroid dienone is 2. The summed E-state index contributed by atoms with van der Waals surface area (Å²) in [5, 5.41) is 8.86. The second-order valence-electron chi connectivity index (χ2n) is 3.16. The number of rotatable bonds is 1. The first-order valence-electron chi connectivity index (χ1n) is 4.43. The summed E-state index contributed by atoms with van der Waals surface area (Å²) in [5.74, 6) is 0.357. The first kappa shape index (κ1) is 8.00. The second-order valence-corrected chi connectivity index (χ2v) is 3.16. The maximum atomic E-state index is 8.86. The van der Waals surface area contributed by atoms with Crippen molar-refractivity contribution in [3.63, 3.8) is 0 Å². The van der Waals surface area contributed by atoms with Gasteiger partial charge in [-0.1, -0.05) is 12.2 Å². The van der Waals surface area contributed by atoms with Crippen LogP contribution in [0.3, 0.4) is 0 Å². The Kier molecular flexibility index (Phi) is 2.09. The van der Waals surface area contributed by atoms with Crippen LogP contribution in [0.2, 0.25) is 0 Å². The maximum Gasteiger partial charge on any atom is 0.101 e. The van der Waals surface area contributed by atoms with Gasteiger partial charge in [0.15, 0.2) is 0 Å². The molecule has 13 heavy (non-hydrogen) atoms. The summed E-state index contributed by atoms with van der Waals surface area (Å²) in [6.45, 7) is 0. The molecule has 0 saturated heterocycles. The summed E-state index contributed by atoms with van der Waals surface area (Å²) < 4.78 is 0. The van der Waals surface area contributed by atoms with Gasteiger partial charge >= 0.3 is 0 Å². The Labute approximate surface area is 77.5 Å². The summed E-state index contributed by atoms with van der Waals surface area (Å²) in [7, 11) is 0. The van der Waals surface area contributed by atoms with Crippen molar-refractivity contribution in [3.8, 4) is 6.07 Å². The molecule has 2 rings (SSSR count). The minimum absolute atomic E-state index is 0.357. The molecule has 2 nitrogen and oxygen atoms in total. The Morgan fingerprint density at radius 1 is 1.54 bits per heavy atom. The number of hydrogen-bond acceptors (Lipinski definition) is 2. The number of hydrogen-bond donors (Lipinski definition) is 0. The number of nitrogens with zero attached hydrogens (tertiary/aromatic N) is 2.